The van der Waals surface area contributed by atoms with Gasteiger partial charge in [0.25, 0.3) is 9.70 Å². The minimum absolute atomic E-state index is 0.306. The van der Waals surface area contributed by atoms with E-state index in [9.17, 15) is 9.59 Å². The first-order valence-corrected chi connectivity index (χ1v) is 4.67. The van der Waals surface area contributed by atoms with E-state index in [1.54, 1.807) is 0 Å². The molecule has 0 fully saturated rings. The Kier molecular flexibility index (Phi) is 5.44. The second-order valence-electron chi connectivity index (χ2n) is 2.25. The molecule has 0 unspecified atom stereocenters. The Hall–Kier alpha value is -0.190. The third-order valence-corrected chi connectivity index (χ3v) is 1.56. The number of amides is 2. The molecule has 0 rings (SSSR count). The molecule has 0 bridgehead atoms. The molecular formula is C6H9Cl3N2O2. The summed E-state index contributed by atoms with van der Waals surface area (Å²) in [6, 6.07) is 0. The maximum atomic E-state index is 10.9. The SMILES string of the molecule is CCCC(=O)NNC(=O)C(Cl)(Cl)Cl. The lowest BCUT2D eigenvalue weighted by atomic mass is 10.3. The number of carbonyl (C=O) groups excluding carboxylic acids is 2. The van der Waals surface area contributed by atoms with Gasteiger partial charge in [0.1, 0.15) is 0 Å². The van der Waals surface area contributed by atoms with Gasteiger partial charge < -0.3 is 0 Å². The van der Waals surface area contributed by atoms with Crippen LogP contribution in [0, 0.1) is 0 Å². The predicted octanol–water partition coefficient (Wildman–Crippen LogP) is 1.30. The molecule has 7 heteroatoms. The number of nitrogens with one attached hydrogen (secondary N) is 2. The van der Waals surface area contributed by atoms with Gasteiger partial charge in [-0.05, 0) is 6.42 Å². The van der Waals surface area contributed by atoms with Crippen molar-refractivity contribution in [1.29, 1.82) is 0 Å². The minimum atomic E-state index is -2.06. The van der Waals surface area contributed by atoms with E-state index in [1.807, 2.05) is 12.3 Å². The van der Waals surface area contributed by atoms with Crippen molar-refractivity contribution in [3.63, 3.8) is 0 Å². The van der Waals surface area contributed by atoms with Gasteiger partial charge in [-0.25, -0.2) is 0 Å². The Morgan fingerprint density at radius 2 is 1.77 bits per heavy atom. The van der Waals surface area contributed by atoms with E-state index in [0.717, 1.165) is 0 Å². The summed E-state index contributed by atoms with van der Waals surface area (Å²) in [5, 5.41) is 0. The van der Waals surface area contributed by atoms with Crippen molar-refractivity contribution in [3.8, 4) is 0 Å². The molecule has 0 spiro atoms. The molecule has 76 valence electrons. The fraction of sp³-hybridized carbons (Fsp3) is 0.667. The summed E-state index contributed by atoms with van der Waals surface area (Å²) in [6.07, 6.45) is 0.982. The van der Waals surface area contributed by atoms with Crippen molar-refractivity contribution in [2.24, 2.45) is 0 Å². The Morgan fingerprint density at radius 3 is 2.15 bits per heavy atom. The number of hydrogen-bond acceptors (Lipinski definition) is 2. The lowest BCUT2D eigenvalue weighted by Crippen LogP contribution is -2.46. The molecular weight excluding hydrogens is 238 g/mol. The predicted molar refractivity (Wildman–Crippen MR) is 51.5 cm³/mol. The van der Waals surface area contributed by atoms with Crippen LogP contribution in [0.5, 0.6) is 0 Å². The van der Waals surface area contributed by atoms with E-state index in [0.29, 0.717) is 12.8 Å². The molecule has 0 heterocycles. The molecule has 0 aromatic heterocycles. The van der Waals surface area contributed by atoms with Gasteiger partial charge in [-0.15, -0.1) is 0 Å². The third-order valence-electron chi connectivity index (χ3n) is 1.05. The maximum Gasteiger partial charge on any atom is 0.290 e. The second-order valence-corrected chi connectivity index (χ2v) is 4.53. The molecule has 13 heavy (non-hydrogen) atoms. The zero-order valence-electron chi connectivity index (χ0n) is 6.86. The lowest BCUT2D eigenvalue weighted by Gasteiger charge is -2.11. The van der Waals surface area contributed by atoms with Gasteiger partial charge in [-0.2, -0.15) is 0 Å². The van der Waals surface area contributed by atoms with Gasteiger partial charge in [-0.1, -0.05) is 41.7 Å². The Balaban J connectivity index is 3.77. The molecule has 0 saturated heterocycles. The maximum absolute atomic E-state index is 10.9. The molecule has 0 atom stereocenters. The summed E-state index contributed by atoms with van der Waals surface area (Å²) < 4.78 is -2.06. The van der Waals surface area contributed by atoms with Crippen molar-refractivity contribution in [3.05, 3.63) is 0 Å². The largest absolute Gasteiger partial charge is 0.290 e. The monoisotopic (exact) mass is 246 g/mol. The Labute approximate surface area is 90.9 Å². The number of hydrogen-bond donors (Lipinski definition) is 2. The van der Waals surface area contributed by atoms with Crippen molar-refractivity contribution in [1.82, 2.24) is 10.9 Å². The topological polar surface area (TPSA) is 58.2 Å². The summed E-state index contributed by atoms with van der Waals surface area (Å²) >= 11 is 15.6. The number of rotatable bonds is 2. The molecule has 0 aromatic rings. The molecule has 2 amide bonds. The number of hydrazine groups is 1. The van der Waals surface area contributed by atoms with Crippen molar-refractivity contribution >= 4 is 46.6 Å². The molecule has 0 aliphatic rings. The number of carbonyl (C=O) groups is 2. The standard InChI is InChI=1S/C6H9Cl3N2O2/c1-2-3-4(12)10-11-5(13)6(7,8)9/h2-3H2,1H3,(H,10,12)(H,11,13). The van der Waals surface area contributed by atoms with Crippen LogP contribution in [0.25, 0.3) is 0 Å². The highest BCUT2D eigenvalue weighted by Gasteiger charge is 2.30. The van der Waals surface area contributed by atoms with E-state index in [4.69, 9.17) is 34.8 Å². The fourth-order valence-electron chi connectivity index (χ4n) is 0.487. The molecule has 0 radical (unpaired) electrons. The van der Waals surface area contributed by atoms with Crippen LogP contribution in [0.3, 0.4) is 0 Å². The van der Waals surface area contributed by atoms with Crippen molar-refractivity contribution < 1.29 is 9.59 Å². The first-order chi connectivity index (χ1) is 5.88. The van der Waals surface area contributed by atoms with Gasteiger partial charge in [0, 0.05) is 6.42 Å². The molecule has 4 nitrogen and oxygen atoms in total. The van der Waals surface area contributed by atoms with Crippen LogP contribution in [0.2, 0.25) is 0 Å². The van der Waals surface area contributed by atoms with E-state index in [1.165, 1.54) is 0 Å². The highest BCUT2D eigenvalue weighted by molar-refractivity contribution is 6.76. The van der Waals surface area contributed by atoms with Gasteiger partial charge in [-0.3, -0.25) is 20.4 Å². The second kappa shape index (κ2) is 5.52. The molecule has 0 aromatic carbocycles. The van der Waals surface area contributed by atoms with Crippen LogP contribution >= 0.6 is 34.8 Å². The van der Waals surface area contributed by atoms with Crippen molar-refractivity contribution in [2.45, 2.75) is 23.6 Å². The zero-order valence-corrected chi connectivity index (χ0v) is 9.13. The Morgan fingerprint density at radius 1 is 1.23 bits per heavy atom. The first-order valence-electron chi connectivity index (χ1n) is 3.54. The summed E-state index contributed by atoms with van der Waals surface area (Å²) in [6.45, 7) is 1.83. The van der Waals surface area contributed by atoms with Gasteiger partial charge in [0.2, 0.25) is 5.91 Å². The van der Waals surface area contributed by atoms with Crippen LogP contribution in [0.1, 0.15) is 19.8 Å². The quantitative estimate of drug-likeness (QED) is 0.571. The van der Waals surface area contributed by atoms with Crippen LogP contribution in [0.4, 0.5) is 0 Å². The molecule has 0 aliphatic carbocycles. The average molecular weight is 248 g/mol. The number of halogens is 3. The van der Waals surface area contributed by atoms with E-state index < -0.39 is 9.70 Å². The molecule has 0 saturated carbocycles. The summed E-state index contributed by atoms with van der Waals surface area (Å²) in [5.41, 5.74) is 4.07. The highest BCUT2D eigenvalue weighted by Crippen LogP contribution is 2.25. The van der Waals surface area contributed by atoms with E-state index >= 15 is 0 Å². The van der Waals surface area contributed by atoms with Gasteiger partial charge in [0.15, 0.2) is 0 Å². The van der Waals surface area contributed by atoms with Crippen LogP contribution in [-0.4, -0.2) is 15.6 Å². The first kappa shape index (κ1) is 12.8. The van der Waals surface area contributed by atoms with E-state index in [2.05, 4.69) is 5.43 Å². The normalized spacial score (nSPS) is 10.8. The van der Waals surface area contributed by atoms with Crippen LogP contribution < -0.4 is 10.9 Å². The fourth-order valence-corrected chi connectivity index (χ4v) is 0.629. The van der Waals surface area contributed by atoms with Crippen molar-refractivity contribution in [2.75, 3.05) is 0 Å². The third kappa shape index (κ3) is 5.96. The van der Waals surface area contributed by atoms with Crippen LogP contribution in [0.15, 0.2) is 0 Å². The molecule has 2 N–H and O–H groups in total. The average Bonchev–Trinajstić information content (AvgIpc) is 1.99. The van der Waals surface area contributed by atoms with E-state index in [-0.39, 0.29) is 5.91 Å². The van der Waals surface area contributed by atoms with Gasteiger partial charge >= 0.3 is 0 Å². The van der Waals surface area contributed by atoms with Gasteiger partial charge in [0.05, 0.1) is 0 Å². The number of alkyl halides is 3. The Bertz CT molecular complexity index is 203. The summed E-state index contributed by atoms with van der Waals surface area (Å²) in [5.74, 6) is -1.22. The minimum Gasteiger partial charge on any atom is -0.273 e. The highest BCUT2D eigenvalue weighted by atomic mass is 35.6. The zero-order chi connectivity index (χ0) is 10.5. The van der Waals surface area contributed by atoms with Crippen LogP contribution in [-0.2, 0) is 9.59 Å². The lowest BCUT2D eigenvalue weighted by molar-refractivity contribution is -0.128. The summed E-state index contributed by atoms with van der Waals surface area (Å²) in [4.78, 5) is 21.7. The molecule has 0 aliphatic heterocycles. The summed E-state index contributed by atoms with van der Waals surface area (Å²) in [7, 11) is 0. The smallest absolute Gasteiger partial charge is 0.273 e.